The monoisotopic (exact) mass is 313 g/mol. The molecule has 0 bridgehead atoms. The Hall–Kier alpha value is -2.73. The topological polar surface area (TPSA) is 72.7 Å². The second-order valence-electron chi connectivity index (χ2n) is 4.60. The summed E-state index contributed by atoms with van der Waals surface area (Å²) in [6.45, 7) is 0. The van der Waals surface area contributed by atoms with E-state index in [-0.39, 0.29) is 5.91 Å². The van der Waals surface area contributed by atoms with Gasteiger partial charge in [-0.2, -0.15) is 0 Å². The zero-order valence-electron chi connectivity index (χ0n) is 11.4. The standard InChI is InChI=1S/C15H12ClN5O/c16-12-7-4-8-13(9-12)18-15(22)14(21-10-17-19-20-21)11-5-2-1-3-6-11/h1-10,14H,(H,18,22)/t14-/m1/s1. The van der Waals surface area contributed by atoms with Gasteiger partial charge in [-0.15, -0.1) is 5.10 Å². The lowest BCUT2D eigenvalue weighted by Crippen LogP contribution is -2.27. The van der Waals surface area contributed by atoms with Crippen LogP contribution in [0.3, 0.4) is 0 Å². The van der Waals surface area contributed by atoms with Crippen molar-refractivity contribution in [3.05, 3.63) is 71.5 Å². The Morgan fingerprint density at radius 1 is 1.14 bits per heavy atom. The molecule has 1 atom stereocenters. The van der Waals surface area contributed by atoms with Gasteiger partial charge in [-0.05, 0) is 34.2 Å². The van der Waals surface area contributed by atoms with Gasteiger partial charge in [0.2, 0.25) is 0 Å². The molecule has 0 saturated heterocycles. The van der Waals surface area contributed by atoms with Crippen LogP contribution in [-0.2, 0) is 4.79 Å². The first-order valence-electron chi connectivity index (χ1n) is 6.58. The van der Waals surface area contributed by atoms with Crippen LogP contribution in [0.15, 0.2) is 60.9 Å². The second-order valence-corrected chi connectivity index (χ2v) is 5.04. The lowest BCUT2D eigenvalue weighted by atomic mass is 10.1. The van der Waals surface area contributed by atoms with E-state index >= 15 is 0 Å². The molecular weight excluding hydrogens is 302 g/mol. The zero-order valence-corrected chi connectivity index (χ0v) is 12.2. The summed E-state index contributed by atoms with van der Waals surface area (Å²) in [5, 5.41) is 14.4. The molecule has 3 aromatic rings. The van der Waals surface area contributed by atoms with E-state index in [1.165, 1.54) is 11.0 Å². The fourth-order valence-corrected chi connectivity index (χ4v) is 2.31. The molecule has 0 spiro atoms. The van der Waals surface area contributed by atoms with Gasteiger partial charge in [-0.3, -0.25) is 4.79 Å². The molecule has 0 saturated carbocycles. The normalized spacial score (nSPS) is 11.9. The molecule has 0 radical (unpaired) electrons. The van der Waals surface area contributed by atoms with E-state index in [2.05, 4.69) is 20.8 Å². The van der Waals surface area contributed by atoms with Crippen LogP contribution in [0, 0.1) is 0 Å². The number of carbonyl (C=O) groups is 1. The number of hydrogen-bond acceptors (Lipinski definition) is 4. The largest absolute Gasteiger partial charge is 0.324 e. The van der Waals surface area contributed by atoms with E-state index in [9.17, 15) is 4.79 Å². The molecular formula is C15H12ClN5O. The molecule has 110 valence electrons. The summed E-state index contributed by atoms with van der Waals surface area (Å²) < 4.78 is 1.41. The minimum atomic E-state index is -0.657. The Morgan fingerprint density at radius 2 is 1.95 bits per heavy atom. The van der Waals surface area contributed by atoms with Crippen LogP contribution in [0.25, 0.3) is 0 Å². The molecule has 0 aliphatic rings. The summed E-state index contributed by atoms with van der Waals surface area (Å²) in [7, 11) is 0. The molecule has 1 amide bonds. The van der Waals surface area contributed by atoms with E-state index in [1.807, 2.05) is 30.3 Å². The second kappa shape index (κ2) is 6.36. The van der Waals surface area contributed by atoms with Crippen LogP contribution in [0.4, 0.5) is 5.69 Å². The van der Waals surface area contributed by atoms with Crippen molar-refractivity contribution < 1.29 is 4.79 Å². The lowest BCUT2D eigenvalue weighted by Gasteiger charge is -2.16. The summed E-state index contributed by atoms with van der Waals surface area (Å²) in [4.78, 5) is 12.7. The van der Waals surface area contributed by atoms with Crippen LogP contribution in [0.5, 0.6) is 0 Å². The first-order chi connectivity index (χ1) is 10.7. The van der Waals surface area contributed by atoms with Gasteiger partial charge in [0.15, 0.2) is 6.04 Å². The maximum absolute atomic E-state index is 12.7. The first kappa shape index (κ1) is 14.2. The van der Waals surface area contributed by atoms with Gasteiger partial charge in [0.25, 0.3) is 5.91 Å². The molecule has 0 unspecified atom stereocenters. The number of nitrogens with zero attached hydrogens (tertiary/aromatic N) is 4. The minimum Gasteiger partial charge on any atom is -0.324 e. The van der Waals surface area contributed by atoms with E-state index in [1.54, 1.807) is 24.3 Å². The van der Waals surface area contributed by atoms with Crippen LogP contribution in [0.1, 0.15) is 11.6 Å². The third-order valence-corrected chi connectivity index (χ3v) is 3.32. The predicted molar refractivity (Wildman–Crippen MR) is 82.5 cm³/mol. The molecule has 0 fully saturated rings. The van der Waals surface area contributed by atoms with Crippen molar-refractivity contribution in [2.45, 2.75) is 6.04 Å². The Labute approximate surface area is 131 Å². The molecule has 3 rings (SSSR count). The van der Waals surface area contributed by atoms with Crippen molar-refractivity contribution in [1.82, 2.24) is 20.2 Å². The zero-order chi connectivity index (χ0) is 15.4. The van der Waals surface area contributed by atoms with Crippen molar-refractivity contribution in [1.29, 1.82) is 0 Å². The van der Waals surface area contributed by atoms with Gasteiger partial charge in [0.1, 0.15) is 6.33 Å². The number of tetrazole rings is 1. The van der Waals surface area contributed by atoms with Gasteiger partial charge >= 0.3 is 0 Å². The Morgan fingerprint density at radius 3 is 2.64 bits per heavy atom. The quantitative estimate of drug-likeness (QED) is 0.803. The van der Waals surface area contributed by atoms with Crippen molar-refractivity contribution in [2.75, 3.05) is 5.32 Å². The highest BCUT2D eigenvalue weighted by atomic mass is 35.5. The summed E-state index contributed by atoms with van der Waals surface area (Å²) >= 11 is 5.94. The molecule has 7 heteroatoms. The SMILES string of the molecule is O=C(Nc1cccc(Cl)c1)[C@@H](c1ccccc1)n1cnnn1. The van der Waals surface area contributed by atoms with E-state index in [4.69, 9.17) is 11.6 Å². The number of aromatic nitrogens is 4. The van der Waals surface area contributed by atoms with E-state index in [0.717, 1.165) is 5.56 Å². The number of carbonyl (C=O) groups excluding carboxylic acids is 1. The Balaban J connectivity index is 1.91. The maximum Gasteiger partial charge on any atom is 0.253 e. The number of rotatable bonds is 4. The average Bonchev–Trinajstić information content (AvgIpc) is 3.02. The molecule has 1 aromatic heterocycles. The summed E-state index contributed by atoms with van der Waals surface area (Å²) in [6, 6.07) is 15.6. The molecule has 1 N–H and O–H groups in total. The summed E-state index contributed by atoms with van der Waals surface area (Å²) in [6.07, 6.45) is 1.41. The fraction of sp³-hybridized carbons (Fsp3) is 0.0667. The van der Waals surface area contributed by atoms with Crippen molar-refractivity contribution in [2.24, 2.45) is 0 Å². The maximum atomic E-state index is 12.7. The highest BCUT2D eigenvalue weighted by molar-refractivity contribution is 6.30. The van der Waals surface area contributed by atoms with E-state index < -0.39 is 6.04 Å². The molecule has 6 nitrogen and oxygen atoms in total. The summed E-state index contributed by atoms with van der Waals surface area (Å²) in [5.74, 6) is -0.249. The number of halogens is 1. The van der Waals surface area contributed by atoms with Crippen molar-refractivity contribution >= 4 is 23.2 Å². The fourth-order valence-electron chi connectivity index (χ4n) is 2.12. The highest BCUT2D eigenvalue weighted by Gasteiger charge is 2.23. The molecule has 22 heavy (non-hydrogen) atoms. The molecule has 0 aliphatic heterocycles. The van der Waals surface area contributed by atoms with Crippen LogP contribution in [0.2, 0.25) is 5.02 Å². The van der Waals surface area contributed by atoms with Gasteiger partial charge in [0.05, 0.1) is 0 Å². The van der Waals surface area contributed by atoms with Crippen LogP contribution in [-0.4, -0.2) is 26.1 Å². The minimum absolute atomic E-state index is 0.249. The number of benzene rings is 2. The van der Waals surface area contributed by atoms with Gasteiger partial charge in [-0.1, -0.05) is 48.0 Å². The van der Waals surface area contributed by atoms with Gasteiger partial charge in [-0.25, -0.2) is 4.68 Å². The average molecular weight is 314 g/mol. The molecule has 1 heterocycles. The van der Waals surface area contributed by atoms with Crippen molar-refractivity contribution in [3.63, 3.8) is 0 Å². The smallest absolute Gasteiger partial charge is 0.253 e. The third-order valence-electron chi connectivity index (χ3n) is 3.09. The lowest BCUT2D eigenvalue weighted by molar-refractivity contribution is -0.118. The van der Waals surface area contributed by atoms with Gasteiger partial charge < -0.3 is 5.32 Å². The molecule has 0 aliphatic carbocycles. The first-order valence-corrected chi connectivity index (χ1v) is 6.96. The van der Waals surface area contributed by atoms with Crippen LogP contribution >= 0.6 is 11.6 Å². The number of anilines is 1. The number of amides is 1. The Kier molecular flexibility index (Phi) is 4.11. The number of hydrogen-bond donors (Lipinski definition) is 1. The van der Waals surface area contributed by atoms with Gasteiger partial charge in [0, 0.05) is 10.7 Å². The Bertz CT molecular complexity index is 761. The van der Waals surface area contributed by atoms with E-state index in [0.29, 0.717) is 10.7 Å². The highest BCUT2D eigenvalue weighted by Crippen LogP contribution is 2.21. The van der Waals surface area contributed by atoms with Crippen molar-refractivity contribution in [3.8, 4) is 0 Å². The third kappa shape index (κ3) is 3.12. The predicted octanol–water partition coefficient (Wildman–Crippen LogP) is 2.55. The molecule has 2 aromatic carbocycles. The summed E-state index contributed by atoms with van der Waals surface area (Å²) in [5.41, 5.74) is 1.40. The van der Waals surface area contributed by atoms with Crippen LogP contribution < -0.4 is 5.32 Å². The number of nitrogens with one attached hydrogen (secondary N) is 1.